The van der Waals surface area contributed by atoms with Crippen molar-refractivity contribution in [2.24, 2.45) is 0 Å². The van der Waals surface area contributed by atoms with Crippen LogP contribution in [0.4, 0.5) is 10.1 Å². The molecule has 1 aromatic heterocycles. The van der Waals surface area contributed by atoms with E-state index in [0.29, 0.717) is 11.7 Å². The fraction of sp³-hybridized carbons (Fsp3) is 0.348. The van der Waals surface area contributed by atoms with Gasteiger partial charge in [0.1, 0.15) is 11.6 Å². The summed E-state index contributed by atoms with van der Waals surface area (Å²) in [6, 6.07) is 15.0. The molecule has 1 saturated heterocycles. The summed E-state index contributed by atoms with van der Waals surface area (Å²) in [6.07, 6.45) is 3.78. The average Bonchev–Trinajstić information content (AvgIpc) is 3.22. The highest BCUT2D eigenvalue weighted by atomic mass is 19.1. The number of halogens is 1. The van der Waals surface area contributed by atoms with Crippen LogP contribution in [0.3, 0.4) is 0 Å². The van der Waals surface area contributed by atoms with E-state index >= 15 is 0 Å². The van der Waals surface area contributed by atoms with Gasteiger partial charge in [0.25, 0.3) is 0 Å². The third kappa shape index (κ3) is 3.49. The summed E-state index contributed by atoms with van der Waals surface area (Å²) in [5.41, 5.74) is 4.03. The van der Waals surface area contributed by atoms with E-state index in [4.69, 9.17) is 0 Å². The number of fused-ring (bicyclic) bond motifs is 1. The lowest BCUT2D eigenvalue weighted by Gasteiger charge is -2.42. The standard InChI is InChI=1S/C23H25FN4O/c24-20-6-1-2-7-22(20)27-10-8-17(9-11-27)28-13-19(16-4-3-5-18(29)12-16)23-21(14-28)25-15-26-23/h1-7,12,15,17,19,29H,8-11,13-14H2,(H,25,26). The second-order valence-corrected chi connectivity index (χ2v) is 8.01. The second kappa shape index (κ2) is 7.52. The average molecular weight is 392 g/mol. The number of benzene rings is 2. The first-order valence-corrected chi connectivity index (χ1v) is 10.2. The van der Waals surface area contributed by atoms with E-state index < -0.39 is 0 Å². The number of phenolic OH excluding ortho intramolecular Hbond substituents is 1. The lowest BCUT2D eigenvalue weighted by atomic mass is 9.89. The summed E-state index contributed by atoms with van der Waals surface area (Å²) >= 11 is 0. The van der Waals surface area contributed by atoms with Crippen molar-refractivity contribution in [2.45, 2.75) is 31.3 Å². The minimum atomic E-state index is -0.144. The van der Waals surface area contributed by atoms with E-state index in [1.807, 2.05) is 24.3 Å². The van der Waals surface area contributed by atoms with Crippen LogP contribution in [0.5, 0.6) is 5.75 Å². The number of piperidine rings is 1. The topological polar surface area (TPSA) is 55.4 Å². The Kier molecular flexibility index (Phi) is 4.72. The first-order valence-electron chi connectivity index (χ1n) is 10.2. The number of nitrogens with one attached hydrogen (secondary N) is 1. The second-order valence-electron chi connectivity index (χ2n) is 8.01. The summed E-state index contributed by atoms with van der Waals surface area (Å²) in [5.74, 6) is 0.284. The number of anilines is 1. The Labute approximate surface area is 169 Å². The maximum absolute atomic E-state index is 14.1. The molecule has 1 atom stereocenters. The maximum atomic E-state index is 14.1. The minimum absolute atomic E-state index is 0.140. The van der Waals surface area contributed by atoms with Gasteiger partial charge in [-0.05, 0) is 42.7 Å². The Morgan fingerprint density at radius 3 is 2.69 bits per heavy atom. The van der Waals surface area contributed by atoms with E-state index in [0.717, 1.165) is 56.0 Å². The van der Waals surface area contributed by atoms with Gasteiger partial charge < -0.3 is 15.0 Å². The molecule has 1 unspecified atom stereocenters. The molecule has 3 aromatic rings. The number of aromatic nitrogens is 2. The molecule has 0 amide bonds. The Morgan fingerprint density at radius 2 is 1.90 bits per heavy atom. The van der Waals surface area contributed by atoms with Crippen LogP contribution in [-0.2, 0) is 6.54 Å². The van der Waals surface area contributed by atoms with Gasteiger partial charge >= 0.3 is 0 Å². The maximum Gasteiger partial charge on any atom is 0.146 e. The molecule has 5 nitrogen and oxygen atoms in total. The normalized spacial score (nSPS) is 20.6. The number of imidazole rings is 1. The third-order valence-electron chi connectivity index (χ3n) is 6.31. The van der Waals surface area contributed by atoms with Crippen molar-refractivity contribution in [3.63, 3.8) is 0 Å². The number of rotatable bonds is 3. The van der Waals surface area contributed by atoms with Crippen molar-refractivity contribution in [3.8, 4) is 5.75 Å². The van der Waals surface area contributed by atoms with Crippen LogP contribution in [0, 0.1) is 5.82 Å². The van der Waals surface area contributed by atoms with Crippen molar-refractivity contribution in [3.05, 3.63) is 77.6 Å². The SMILES string of the molecule is Oc1cccc(C2CN(C3CCN(c4ccccc4F)CC3)Cc3[nH]cnc32)c1. The zero-order valence-corrected chi connectivity index (χ0v) is 16.3. The molecule has 3 heterocycles. The van der Waals surface area contributed by atoms with Crippen LogP contribution in [0.2, 0.25) is 0 Å². The lowest BCUT2D eigenvalue weighted by Crippen LogP contribution is -2.47. The van der Waals surface area contributed by atoms with Crippen molar-refractivity contribution in [2.75, 3.05) is 24.5 Å². The molecular weight excluding hydrogens is 367 g/mol. The number of para-hydroxylation sites is 1. The van der Waals surface area contributed by atoms with Gasteiger partial charge in [-0.1, -0.05) is 24.3 Å². The number of aromatic amines is 1. The first-order chi connectivity index (χ1) is 14.2. The number of aromatic hydroxyl groups is 1. The molecule has 2 aromatic carbocycles. The van der Waals surface area contributed by atoms with Crippen LogP contribution in [0.25, 0.3) is 0 Å². The highest BCUT2D eigenvalue weighted by Gasteiger charge is 2.34. The van der Waals surface area contributed by atoms with E-state index in [9.17, 15) is 9.50 Å². The lowest BCUT2D eigenvalue weighted by molar-refractivity contribution is 0.142. The van der Waals surface area contributed by atoms with Crippen molar-refractivity contribution in [1.82, 2.24) is 14.9 Å². The molecule has 2 aliphatic heterocycles. The first kappa shape index (κ1) is 18.2. The predicted octanol–water partition coefficient (Wildman–Crippen LogP) is 3.87. The molecule has 0 spiro atoms. The van der Waals surface area contributed by atoms with E-state index in [1.165, 1.54) is 6.07 Å². The van der Waals surface area contributed by atoms with Crippen molar-refractivity contribution in [1.29, 1.82) is 0 Å². The quantitative estimate of drug-likeness (QED) is 0.711. The number of hydrogen-bond donors (Lipinski definition) is 2. The summed E-state index contributed by atoms with van der Waals surface area (Å²) in [4.78, 5) is 12.6. The fourth-order valence-corrected chi connectivity index (χ4v) is 4.81. The summed E-state index contributed by atoms with van der Waals surface area (Å²) in [7, 11) is 0. The van der Waals surface area contributed by atoms with Gasteiger partial charge in [0.05, 0.1) is 23.4 Å². The van der Waals surface area contributed by atoms with Gasteiger partial charge in [-0.25, -0.2) is 9.37 Å². The van der Waals surface area contributed by atoms with E-state index in [-0.39, 0.29) is 17.5 Å². The zero-order valence-electron chi connectivity index (χ0n) is 16.3. The van der Waals surface area contributed by atoms with E-state index in [2.05, 4.69) is 25.8 Å². The molecule has 0 saturated carbocycles. The Balaban J connectivity index is 1.33. The Hall–Kier alpha value is -2.86. The van der Waals surface area contributed by atoms with Crippen LogP contribution >= 0.6 is 0 Å². The Morgan fingerprint density at radius 1 is 1.07 bits per heavy atom. The van der Waals surface area contributed by atoms with Crippen LogP contribution in [0.15, 0.2) is 54.9 Å². The monoisotopic (exact) mass is 392 g/mol. The van der Waals surface area contributed by atoms with Gasteiger partial charge in [-0.15, -0.1) is 0 Å². The number of nitrogens with zero attached hydrogens (tertiary/aromatic N) is 3. The summed E-state index contributed by atoms with van der Waals surface area (Å²) in [6.45, 7) is 3.45. The molecule has 6 heteroatoms. The van der Waals surface area contributed by atoms with Crippen molar-refractivity contribution < 1.29 is 9.50 Å². The largest absolute Gasteiger partial charge is 0.508 e. The van der Waals surface area contributed by atoms with Crippen LogP contribution in [0.1, 0.15) is 35.7 Å². The zero-order chi connectivity index (χ0) is 19.8. The van der Waals surface area contributed by atoms with Crippen LogP contribution < -0.4 is 4.90 Å². The highest BCUT2D eigenvalue weighted by molar-refractivity contribution is 5.48. The van der Waals surface area contributed by atoms with Crippen molar-refractivity contribution >= 4 is 5.69 Å². The molecule has 1 fully saturated rings. The Bertz CT molecular complexity index is 996. The molecule has 0 bridgehead atoms. The summed E-state index contributed by atoms with van der Waals surface area (Å²) in [5, 5.41) is 9.94. The summed E-state index contributed by atoms with van der Waals surface area (Å²) < 4.78 is 14.1. The number of phenols is 1. The molecule has 29 heavy (non-hydrogen) atoms. The molecular formula is C23H25FN4O. The molecule has 0 aliphatic carbocycles. The van der Waals surface area contributed by atoms with Gasteiger partial charge in [0, 0.05) is 38.1 Å². The van der Waals surface area contributed by atoms with Gasteiger partial charge in [0.2, 0.25) is 0 Å². The van der Waals surface area contributed by atoms with Gasteiger partial charge in [0.15, 0.2) is 0 Å². The smallest absolute Gasteiger partial charge is 0.146 e. The van der Waals surface area contributed by atoms with Gasteiger partial charge in [-0.2, -0.15) is 0 Å². The number of H-pyrrole nitrogens is 1. The highest BCUT2D eigenvalue weighted by Crippen LogP contribution is 2.35. The van der Waals surface area contributed by atoms with Crippen LogP contribution in [-0.4, -0.2) is 45.7 Å². The molecule has 2 aliphatic rings. The molecule has 0 radical (unpaired) electrons. The number of hydrogen-bond acceptors (Lipinski definition) is 4. The van der Waals surface area contributed by atoms with Gasteiger partial charge in [-0.3, -0.25) is 4.90 Å². The van der Waals surface area contributed by atoms with E-state index in [1.54, 1.807) is 18.5 Å². The third-order valence-corrected chi connectivity index (χ3v) is 6.31. The molecule has 2 N–H and O–H groups in total. The minimum Gasteiger partial charge on any atom is -0.508 e. The molecule has 150 valence electrons. The predicted molar refractivity (Wildman–Crippen MR) is 111 cm³/mol. The fourth-order valence-electron chi connectivity index (χ4n) is 4.81. The molecule has 5 rings (SSSR count).